The predicted molar refractivity (Wildman–Crippen MR) is 148 cm³/mol. The number of ether oxygens (including phenoxy) is 1. The molecule has 0 spiro atoms. The molecule has 9 nitrogen and oxygen atoms in total. The summed E-state index contributed by atoms with van der Waals surface area (Å²) in [5, 5.41) is 5.96. The van der Waals surface area contributed by atoms with Crippen LogP contribution in [0.1, 0.15) is 24.8 Å². The van der Waals surface area contributed by atoms with E-state index < -0.39 is 17.2 Å². The van der Waals surface area contributed by atoms with Crippen LogP contribution in [0.2, 0.25) is 0 Å². The summed E-state index contributed by atoms with van der Waals surface area (Å²) < 4.78 is 7.57. The van der Waals surface area contributed by atoms with Gasteiger partial charge in [0.15, 0.2) is 0 Å². The SMILES string of the molecule is COc1ccc(NC(=O)Cn2c(=O)n(CCCCC(=O)Nc3ccc(C)cc3)c(=O)c3ccccc32)cc1. The van der Waals surface area contributed by atoms with Gasteiger partial charge in [-0.1, -0.05) is 29.8 Å². The summed E-state index contributed by atoms with van der Waals surface area (Å²) in [6.07, 6.45) is 1.20. The molecule has 0 saturated carbocycles. The van der Waals surface area contributed by atoms with Crippen LogP contribution in [-0.4, -0.2) is 28.1 Å². The second kappa shape index (κ2) is 12.1. The molecule has 38 heavy (non-hydrogen) atoms. The molecule has 0 aliphatic heterocycles. The monoisotopic (exact) mass is 514 g/mol. The summed E-state index contributed by atoms with van der Waals surface area (Å²) in [5.74, 6) is 0.123. The van der Waals surface area contributed by atoms with Crippen molar-refractivity contribution in [3.63, 3.8) is 0 Å². The first-order valence-electron chi connectivity index (χ1n) is 12.4. The van der Waals surface area contributed by atoms with E-state index in [1.54, 1.807) is 55.6 Å². The zero-order valence-corrected chi connectivity index (χ0v) is 21.4. The molecule has 4 aromatic rings. The number of aryl methyl sites for hydroxylation is 1. The van der Waals surface area contributed by atoms with Crippen LogP contribution in [0.15, 0.2) is 82.4 Å². The van der Waals surface area contributed by atoms with Crippen LogP contribution in [0.3, 0.4) is 0 Å². The molecule has 0 atom stereocenters. The standard InChI is InChI=1S/C29H30N4O5/c1-20-10-12-21(13-11-20)30-26(34)9-5-6-18-32-28(36)24-7-3-4-8-25(24)33(29(32)37)19-27(35)31-22-14-16-23(38-2)17-15-22/h3-4,7-8,10-17H,5-6,9,18-19H2,1-2H3,(H,30,34)(H,31,35). The van der Waals surface area contributed by atoms with E-state index in [9.17, 15) is 19.2 Å². The highest BCUT2D eigenvalue weighted by atomic mass is 16.5. The number of methoxy groups -OCH3 is 1. The van der Waals surface area contributed by atoms with Crippen molar-refractivity contribution in [3.8, 4) is 5.75 Å². The number of anilines is 2. The van der Waals surface area contributed by atoms with Gasteiger partial charge < -0.3 is 15.4 Å². The Morgan fingerprint density at radius 1 is 0.789 bits per heavy atom. The average Bonchev–Trinajstić information content (AvgIpc) is 2.92. The van der Waals surface area contributed by atoms with Gasteiger partial charge in [-0.15, -0.1) is 0 Å². The normalized spacial score (nSPS) is 10.8. The van der Waals surface area contributed by atoms with Crippen molar-refractivity contribution in [3.05, 3.63) is 99.2 Å². The van der Waals surface area contributed by atoms with Crippen molar-refractivity contribution in [1.29, 1.82) is 0 Å². The minimum absolute atomic E-state index is 0.132. The molecule has 0 unspecified atom stereocenters. The van der Waals surface area contributed by atoms with Crippen LogP contribution in [0.4, 0.5) is 11.4 Å². The molecular weight excluding hydrogens is 484 g/mol. The Labute approximate surface area is 219 Å². The lowest BCUT2D eigenvalue weighted by Crippen LogP contribution is -2.41. The molecule has 4 rings (SSSR count). The van der Waals surface area contributed by atoms with Crippen LogP contribution < -0.4 is 26.6 Å². The molecule has 3 aromatic carbocycles. The lowest BCUT2D eigenvalue weighted by Gasteiger charge is -2.14. The molecule has 2 amide bonds. The van der Waals surface area contributed by atoms with Gasteiger partial charge in [0.25, 0.3) is 5.56 Å². The van der Waals surface area contributed by atoms with Gasteiger partial charge in [-0.25, -0.2) is 4.79 Å². The molecule has 0 radical (unpaired) electrons. The fraction of sp³-hybridized carbons (Fsp3) is 0.241. The lowest BCUT2D eigenvalue weighted by molar-refractivity contribution is -0.117. The number of carbonyl (C=O) groups is 2. The van der Waals surface area contributed by atoms with E-state index in [0.717, 1.165) is 15.8 Å². The zero-order valence-electron chi connectivity index (χ0n) is 21.4. The van der Waals surface area contributed by atoms with Crippen molar-refractivity contribution in [2.75, 3.05) is 17.7 Å². The van der Waals surface area contributed by atoms with E-state index in [-0.39, 0.29) is 25.4 Å². The Morgan fingerprint density at radius 3 is 2.11 bits per heavy atom. The number of nitrogens with one attached hydrogen (secondary N) is 2. The van der Waals surface area contributed by atoms with E-state index in [1.807, 2.05) is 31.2 Å². The largest absolute Gasteiger partial charge is 0.497 e. The molecule has 0 bridgehead atoms. The number of hydrogen-bond acceptors (Lipinski definition) is 5. The number of hydrogen-bond donors (Lipinski definition) is 2. The highest BCUT2D eigenvalue weighted by Crippen LogP contribution is 2.15. The highest BCUT2D eigenvalue weighted by molar-refractivity contribution is 5.92. The van der Waals surface area contributed by atoms with E-state index in [2.05, 4.69) is 10.6 Å². The van der Waals surface area contributed by atoms with Crippen molar-refractivity contribution >= 4 is 34.1 Å². The van der Waals surface area contributed by atoms with Gasteiger partial charge >= 0.3 is 5.69 Å². The Morgan fingerprint density at radius 2 is 1.42 bits per heavy atom. The number of fused-ring (bicyclic) bond motifs is 1. The second-order valence-electron chi connectivity index (χ2n) is 8.99. The summed E-state index contributed by atoms with van der Waals surface area (Å²) >= 11 is 0. The predicted octanol–water partition coefficient (Wildman–Crippen LogP) is 3.93. The maximum atomic E-state index is 13.3. The third-order valence-corrected chi connectivity index (χ3v) is 6.18. The minimum Gasteiger partial charge on any atom is -0.497 e. The van der Waals surface area contributed by atoms with Gasteiger partial charge in [-0.3, -0.25) is 23.5 Å². The Hall–Kier alpha value is -4.66. The Bertz CT molecular complexity index is 1550. The number of aromatic nitrogens is 2. The summed E-state index contributed by atoms with van der Waals surface area (Å²) in [6, 6.07) is 21.1. The highest BCUT2D eigenvalue weighted by Gasteiger charge is 2.15. The molecule has 1 heterocycles. The fourth-order valence-corrected chi connectivity index (χ4v) is 4.16. The number of amides is 2. The van der Waals surface area contributed by atoms with Crippen molar-refractivity contribution in [2.24, 2.45) is 0 Å². The van der Waals surface area contributed by atoms with Gasteiger partial charge in [0, 0.05) is 24.3 Å². The number of nitrogens with zero attached hydrogens (tertiary/aromatic N) is 2. The quantitative estimate of drug-likeness (QED) is 0.312. The summed E-state index contributed by atoms with van der Waals surface area (Å²) in [7, 11) is 1.56. The molecule has 2 N–H and O–H groups in total. The molecule has 9 heteroatoms. The zero-order chi connectivity index (χ0) is 27.1. The van der Waals surface area contributed by atoms with Gasteiger partial charge in [0.1, 0.15) is 12.3 Å². The third kappa shape index (κ3) is 6.36. The van der Waals surface area contributed by atoms with Gasteiger partial charge in [0.05, 0.1) is 18.0 Å². The second-order valence-corrected chi connectivity index (χ2v) is 8.99. The third-order valence-electron chi connectivity index (χ3n) is 6.18. The molecule has 0 saturated heterocycles. The maximum absolute atomic E-state index is 13.3. The molecular formula is C29H30N4O5. The summed E-state index contributed by atoms with van der Waals surface area (Å²) in [4.78, 5) is 51.5. The maximum Gasteiger partial charge on any atom is 0.331 e. The number of rotatable bonds is 10. The van der Waals surface area contributed by atoms with Crippen molar-refractivity contribution in [2.45, 2.75) is 39.3 Å². The van der Waals surface area contributed by atoms with Crippen LogP contribution in [0.5, 0.6) is 5.75 Å². The van der Waals surface area contributed by atoms with E-state index in [1.165, 1.54) is 4.57 Å². The Kier molecular flexibility index (Phi) is 8.37. The first kappa shape index (κ1) is 26.4. The van der Waals surface area contributed by atoms with Gasteiger partial charge in [-0.2, -0.15) is 0 Å². The molecule has 196 valence electrons. The van der Waals surface area contributed by atoms with Crippen LogP contribution >= 0.6 is 0 Å². The van der Waals surface area contributed by atoms with Crippen molar-refractivity contribution < 1.29 is 14.3 Å². The molecule has 0 fully saturated rings. The first-order chi connectivity index (χ1) is 18.4. The lowest BCUT2D eigenvalue weighted by atomic mass is 10.2. The van der Waals surface area contributed by atoms with Crippen LogP contribution in [0, 0.1) is 6.92 Å². The number of para-hydroxylation sites is 1. The first-order valence-corrected chi connectivity index (χ1v) is 12.4. The van der Waals surface area contributed by atoms with E-state index in [0.29, 0.717) is 35.2 Å². The molecule has 1 aromatic heterocycles. The van der Waals surface area contributed by atoms with E-state index >= 15 is 0 Å². The number of unbranched alkanes of at least 4 members (excludes halogenated alkanes) is 1. The minimum atomic E-state index is -0.567. The molecule has 0 aliphatic carbocycles. The average molecular weight is 515 g/mol. The number of benzene rings is 3. The van der Waals surface area contributed by atoms with Gasteiger partial charge in [0.2, 0.25) is 11.8 Å². The van der Waals surface area contributed by atoms with E-state index in [4.69, 9.17) is 4.74 Å². The van der Waals surface area contributed by atoms with Crippen LogP contribution in [0.25, 0.3) is 10.9 Å². The van der Waals surface area contributed by atoms with Crippen LogP contribution in [-0.2, 0) is 22.7 Å². The summed E-state index contributed by atoms with van der Waals surface area (Å²) in [5.41, 5.74) is 1.80. The topological polar surface area (TPSA) is 111 Å². The Balaban J connectivity index is 1.45. The van der Waals surface area contributed by atoms with Gasteiger partial charge in [-0.05, 0) is 68.3 Å². The summed E-state index contributed by atoms with van der Waals surface area (Å²) in [6.45, 7) is 1.85. The smallest absolute Gasteiger partial charge is 0.331 e. The molecule has 0 aliphatic rings. The number of carbonyl (C=O) groups excluding carboxylic acids is 2. The van der Waals surface area contributed by atoms with Crippen molar-refractivity contribution in [1.82, 2.24) is 9.13 Å². The fourth-order valence-electron chi connectivity index (χ4n) is 4.16.